The van der Waals surface area contributed by atoms with Gasteiger partial charge < -0.3 is 10.3 Å². The predicted octanol–water partition coefficient (Wildman–Crippen LogP) is 3.71. The van der Waals surface area contributed by atoms with Crippen molar-refractivity contribution in [2.75, 3.05) is 0 Å². The molecule has 1 atom stereocenters. The molecule has 0 saturated carbocycles. The standard InChI is InChI=1S/C17H25N3/c1-12(2)15-7-5-14(6-8-15)10-20-11-19-9-16(20)17(18)13(3)4/h5-9,11-13,17H,10,18H2,1-4H3. The lowest BCUT2D eigenvalue weighted by Crippen LogP contribution is -2.20. The zero-order valence-electron chi connectivity index (χ0n) is 12.9. The van der Waals surface area contributed by atoms with Gasteiger partial charge in [-0.15, -0.1) is 0 Å². The Morgan fingerprint density at radius 3 is 2.30 bits per heavy atom. The average Bonchev–Trinajstić information content (AvgIpc) is 2.86. The molecule has 0 saturated heterocycles. The van der Waals surface area contributed by atoms with Crippen LogP contribution in [-0.2, 0) is 6.54 Å². The summed E-state index contributed by atoms with van der Waals surface area (Å²) in [7, 11) is 0. The second-order valence-electron chi connectivity index (χ2n) is 6.11. The van der Waals surface area contributed by atoms with Crippen molar-refractivity contribution in [3.05, 3.63) is 53.6 Å². The van der Waals surface area contributed by atoms with Crippen LogP contribution in [0, 0.1) is 5.92 Å². The van der Waals surface area contributed by atoms with E-state index in [1.807, 2.05) is 12.5 Å². The van der Waals surface area contributed by atoms with Gasteiger partial charge in [0.25, 0.3) is 0 Å². The van der Waals surface area contributed by atoms with Crippen LogP contribution < -0.4 is 5.73 Å². The summed E-state index contributed by atoms with van der Waals surface area (Å²) in [5.41, 5.74) is 10.00. The maximum Gasteiger partial charge on any atom is 0.0951 e. The molecule has 2 rings (SSSR count). The number of nitrogens with two attached hydrogens (primary N) is 1. The largest absolute Gasteiger partial charge is 0.329 e. The first-order valence-corrected chi connectivity index (χ1v) is 7.33. The van der Waals surface area contributed by atoms with Gasteiger partial charge in [-0.2, -0.15) is 0 Å². The molecule has 0 bridgehead atoms. The Labute approximate surface area is 121 Å². The first-order chi connectivity index (χ1) is 9.49. The zero-order valence-corrected chi connectivity index (χ0v) is 12.9. The van der Waals surface area contributed by atoms with E-state index in [4.69, 9.17) is 5.73 Å². The van der Waals surface area contributed by atoms with Gasteiger partial charge in [0.1, 0.15) is 0 Å². The van der Waals surface area contributed by atoms with E-state index in [1.165, 1.54) is 11.1 Å². The molecule has 108 valence electrons. The molecule has 1 heterocycles. The van der Waals surface area contributed by atoms with Crippen molar-refractivity contribution in [1.82, 2.24) is 9.55 Å². The summed E-state index contributed by atoms with van der Waals surface area (Å²) in [6.45, 7) is 9.53. The molecule has 0 aliphatic rings. The predicted molar refractivity (Wildman–Crippen MR) is 83.6 cm³/mol. The number of benzene rings is 1. The third-order valence-corrected chi connectivity index (χ3v) is 3.80. The maximum absolute atomic E-state index is 6.24. The van der Waals surface area contributed by atoms with E-state index in [0.29, 0.717) is 11.8 Å². The molecular weight excluding hydrogens is 246 g/mol. The second kappa shape index (κ2) is 6.23. The monoisotopic (exact) mass is 271 g/mol. The highest BCUT2D eigenvalue weighted by atomic mass is 15.1. The van der Waals surface area contributed by atoms with Crippen molar-refractivity contribution in [3.63, 3.8) is 0 Å². The topological polar surface area (TPSA) is 43.8 Å². The first kappa shape index (κ1) is 14.8. The summed E-state index contributed by atoms with van der Waals surface area (Å²) < 4.78 is 2.15. The molecule has 2 N–H and O–H groups in total. The first-order valence-electron chi connectivity index (χ1n) is 7.33. The molecular formula is C17H25N3. The van der Waals surface area contributed by atoms with Gasteiger partial charge in [0.15, 0.2) is 0 Å². The molecule has 3 heteroatoms. The van der Waals surface area contributed by atoms with Crippen LogP contribution >= 0.6 is 0 Å². The summed E-state index contributed by atoms with van der Waals surface area (Å²) in [5.74, 6) is 0.982. The number of rotatable bonds is 5. The van der Waals surface area contributed by atoms with Crippen LogP contribution in [0.5, 0.6) is 0 Å². The molecule has 2 aromatic rings. The summed E-state index contributed by atoms with van der Waals surface area (Å²) in [6, 6.07) is 8.84. The Hall–Kier alpha value is -1.61. The number of hydrogen-bond acceptors (Lipinski definition) is 2. The van der Waals surface area contributed by atoms with Crippen LogP contribution in [0.3, 0.4) is 0 Å². The Bertz CT molecular complexity index is 538. The van der Waals surface area contributed by atoms with E-state index >= 15 is 0 Å². The lowest BCUT2D eigenvalue weighted by Gasteiger charge is -2.18. The van der Waals surface area contributed by atoms with Crippen molar-refractivity contribution >= 4 is 0 Å². The van der Waals surface area contributed by atoms with E-state index in [0.717, 1.165) is 12.2 Å². The highest BCUT2D eigenvalue weighted by molar-refractivity contribution is 5.25. The summed E-state index contributed by atoms with van der Waals surface area (Å²) >= 11 is 0. The molecule has 20 heavy (non-hydrogen) atoms. The summed E-state index contributed by atoms with van der Waals surface area (Å²) in [4.78, 5) is 4.25. The molecule has 1 aromatic carbocycles. The molecule has 0 spiro atoms. The minimum absolute atomic E-state index is 0.0347. The minimum Gasteiger partial charge on any atom is -0.329 e. The van der Waals surface area contributed by atoms with Crippen molar-refractivity contribution in [1.29, 1.82) is 0 Å². The van der Waals surface area contributed by atoms with Gasteiger partial charge in [-0.25, -0.2) is 4.98 Å². The fourth-order valence-electron chi connectivity index (χ4n) is 2.29. The van der Waals surface area contributed by atoms with Crippen molar-refractivity contribution in [2.24, 2.45) is 11.7 Å². The van der Waals surface area contributed by atoms with Crippen LogP contribution in [0.25, 0.3) is 0 Å². The average molecular weight is 271 g/mol. The Balaban J connectivity index is 2.16. The van der Waals surface area contributed by atoms with Crippen molar-refractivity contribution in [3.8, 4) is 0 Å². The number of imidazole rings is 1. The number of aromatic nitrogens is 2. The fourth-order valence-corrected chi connectivity index (χ4v) is 2.29. The normalized spacial score (nSPS) is 13.2. The van der Waals surface area contributed by atoms with Gasteiger partial charge in [0, 0.05) is 18.8 Å². The highest BCUT2D eigenvalue weighted by Gasteiger charge is 2.15. The fraction of sp³-hybridized carbons (Fsp3) is 0.471. The highest BCUT2D eigenvalue weighted by Crippen LogP contribution is 2.20. The Morgan fingerprint density at radius 2 is 1.75 bits per heavy atom. The van der Waals surface area contributed by atoms with E-state index < -0.39 is 0 Å². The molecule has 0 aliphatic carbocycles. The van der Waals surface area contributed by atoms with Gasteiger partial charge in [-0.3, -0.25) is 0 Å². The molecule has 0 radical (unpaired) electrons. The minimum atomic E-state index is 0.0347. The van der Waals surface area contributed by atoms with E-state index in [-0.39, 0.29) is 6.04 Å². The van der Waals surface area contributed by atoms with Gasteiger partial charge in [-0.1, -0.05) is 52.0 Å². The van der Waals surface area contributed by atoms with Crippen LogP contribution in [0.1, 0.15) is 56.5 Å². The van der Waals surface area contributed by atoms with Crippen LogP contribution in [-0.4, -0.2) is 9.55 Å². The van der Waals surface area contributed by atoms with Gasteiger partial charge in [0.2, 0.25) is 0 Å². The van der Waals surface area contributed by atoms with Gasteiger partial charge in [0.05, 0.1) is 12.0 Å². The molecule has 1 aromatic heterocycles. The molecule has 3 nitrogen and oxygen atoms in total. The van der Waals surface area contributed by atoms with Crippen LogP contribution in [0.15, 0.2) is 36.8 Å². The summed E-state index contributed by atoms with van der Waals surface area (Å²) in [5, 5.41) is 0. The Morgan fingerprint density at radius 1 is 1.10 bits per heavy atom. The smallest absolute Gasteiger partial charge is 0.0951 e. The molecule has 0 fully saturated rings. The SMILES string of the molecule is CC(C)c1ccc(Cn2cncc2C(N)C(C)C)cc1. The van der Waals surface area contributed by atoms with E-state index in [9.17, 15) is 0 Å². The Kier molecular flexibility index (Phi) is 4.61. The molecule has 0 amide bonds. The lowest BCUT2D eigenvalue weighted by molar-refractivity contribution is 0.484. The number of nitrogens with zero attached hydrogens (tertiary/aromatic N) is 2. The molecule has 0 aliphatic heterocycles. The van der Waals surface area contributed by atoms with Crippen LogP contribution in [0.2, 0.25) is 0 Å². The molecule has 1 unspecified atom stereocenters. The third-order valence-electron chi connectivity index (χ3n) is 3.80. The van der Waals surface area contributed by atoms with Crippen molar-refractivity contribution < 1.29 is 0 Å². The van der Waals surface area contributed by atoms with E-state index in [1.54, 1.807) is 0 Å². The van der Waals surface area contributed by atoms with E-state index in [2.05, 4.69) is 61.5 Å². The third kappa shape index (κ3) is 3.28. The number of hydrogen-bond donors (Lipinski definition) is 1. The van der Waals surface area contributed by atoms with Crippen molar-refractivity contribution in [2.45, 2.75) is 46.2 Å². The summed E-state index contributed by atoms with van der Waals surface area (Å²) in [6.07, 6.45) is 3.75. The maximum atomic E-state index is 6.24. The van der Waals surface area contributed by atoms with Gasteiger partial charge >= 0.3 is 0 Å². The van der Waals surface area contributed by atoms with Crippen LogP contribution in [0.4, 0.5) is 0 Å². The van der Waals surface area contributed by atoms with Gasteiger partial charge in [-0.05, 0) is 23.0 Å². The quantitative estimate of drug-likeness (QED) is 0.901. The second-order valence-corrected chi connectivity index (χ2v) is 6.11. The zero-order chi connectivity index (χ0) is 14.7. The lowest BCUT2D eigenvalue weighted by atomic mass is 10.0.